The summed E-state index contributed by atoms with van der Waals surface area (Å²) in [6.07, 6.45) is 1.15. The predicted molar refractivity (Wildman–Crippen MR) is 75.8 cm³/mol. The summed E-state index contributed by atoms with van der Waals surface area (Å²) in [6.45, 7) is 2.08. The number of benzene rings is 2. The van der Waals surface area contributed by atoms with Crippen LogP contribution in [0.3, 0.4) is 0 Å². The Morgan fingerprint density at radius 3 is 2.50 bits per heavy atom. The zero-order valence-corrected chi connectivity index (χ0v) is 10.4. The second kappa shape index (κ2) is 5.23. The van der Waals surface area contributed by atoms with E-state index in [1.807, 2.05) is 0 Å². The average molecular weight is 238 g/mol. The Labute approximate surface area is 108 Å². The van der Waals surface area contributed by atoms with Crippen molar-refractivity contribution < 1.29 is 0 Å². The molecule has 2 aromatic rings. The van der Waals surface area contributed by atoms with E-state index in [1.165, 1.54) is 16.8 Å². The number of para-hydroxylation sites is 1. The van der Waals surface area contributed by atoms with Gasteiger partial charge in [0.2, 0.25) is 0 Å². The zero-order valence-electron chi connectivity index (χ0n) is 10.4. The Bertz CT molecular complexity index is 508. The van der Waals surface area contributed by atoms with Gasteiger partial charge < -0.3 is 10.6 Å². The summed E-state index contributed by atoms with van der Waals surface area (Å²) in [7, 11) is 0. The molecular formula is C16H18N2. The van der Waals surface area contributed by atoms with E-state index in [0.717, 1.165) is 19.5 Å². The van der Waals surface area contributed by atoms with E-state index in [-0.39, 0.29) is 6.04 Å². The molecule has 0 aliphatic carbocycles. The first-order valence-corrected chi connectivity index (χ1v) is 6.56. The summed E-state index contributed by atoms with van der Waals surface area (Å²) < 4.78 is 0. The van der Waals surface area contributed by atoms with Gasteiger partial charge in [-0.2, -0.15) is 0 Å². The molecule has 0 saturated carbocycles. The van der Waals surface area contributed by atoms with E-state index >= 15 is 0 Å². The number of fused-ring (bicyclic) bond motifs is 1. The van der Waals surface area contributed by atoms with Crippen LogP contribution in [0.4, 0.5) is 5.69 Å². The Morgan fingerprint density at radius 1 is 0.833 bits per heavy atom. The van der Waals surface area contributed by atoms with Crippen molar-refractivity contribution in [3.8, 4) is 0 Å². The van der Waals surface area contributed by atoms with Crippen molar-refractivity contribution in [3.63, 3.8) is 0 Å². The van der Waals surface area contributed by atoms with Gasteiger partial charge in [-0.15, -0.1) is 0 Å². The van der Waals surface area contributed by atoms with Gasteiger partial charge in [0.15, 0.2) is 0 Å². The maximum absolute atomic E-state index is 3.65. The summed E-state index contributed by atoms with van der Waals surface area (Å²) in [6, 6.07) is 19.5. The number of hydrogen-bond donors (Lipinski definition) is 2. The molecule has 2 heteroatoms. The van der Waals surface area contributed by atoms with Crippen molar-refractivity contribution in [3.05, 3.63) is 65.7 Å². The zero-order chi connectivity index (χ0) is 12.2. The summed E-state index contributed by atoms with van der Waals surface area (Å²) in [5.41, 5.74) is 3.91. The first-order chi connectivity index (χ1) is 8.95. The van der Waals surface area contributed by atoms with Crippen LogP contribution in [-0.4, -0.2) is 13.1 Å². The molecule has 0 radical (unpaired) electrons. The molecule has 18 heavy (non-hydrogen) atoms. The molecule has 0 amide bonds. The molecule has 0 bridgehead atoms. The molecule has 1 heterocycles. The van der Waals surface area contributed by atoms with Gasteiger partial charge in [-0.1, -0.05) is 48.5 Å². The number of hydrogen-bond acceptors (Lipinski definition) is 2. The SMILES string of the molecule is c1ccc(C2NCCCNc3ccccc32)cc1. The van der Waals surface area contributed by atoms with E-state index in [0.29, 0.717) is 0 Å². The number of rotatable bonds is 1. The lowest BCUT2D eigenvalue weighted by molar-refractivity contribution is 0.583. The van der Waals surface area contributed by atoms with Gasteiger partial charge in [-0.05, 0) is 30.2 Å². The number of anilines is 1. The van der Waals surface area contributed by atoms with Crippen LogP contribution in [0.15, 0.2) is 54.6 Å². The van der Waals surface area contributed by atoms with Crippen LogP contribution in [0.2, 0.25) is 0 Å². The quantitative estimate of drug-likeness (QED) is 0.797. The van der Waals surface area contributed by atoms with Crippen molar-refractivity contribution in [1.29, 1.82) is 0 Å². The molecule has 2 N–H and O–H groups in total. The predicted octanol–water partition coefficient (Wildman–Crippen LogP) is 3.18. The number of nitrogens with one attached hydrogen (secondary N) is 2. The largest absolute Gasteiger partial charge is 0.385 e. The third kappa shape index (κ3) is 2.24. The van der Waals surface area contributed by atoms with Gasteiger partial charge in [-0.25, -0.2) is 0 Å². The standard InChI is InChI=1S/C16H18N2/c1-2-7-13(8-3-1)16-14-9-4-5-10-15(14)17-11-6-12-18-16/h1-5,7-10,16-18H,6,11-12H2. The second-order valence-corrected chi connectivity index (χ2v) is 4.67. The van der Waals surface area contributed by atoms with Crippen molar-refractivity contribution in [2.45, 2.75) is 12.5 Å². The molecule has 1 unspecified atom stereocenters. The highest BCUT2D eigenvalue weighted by Crippen LogP contribution is 2.29. The Hall–Kier alpha value is -1.80. The molecular weight excluding hydrogens is 220 g/mol. The van der Waals surface area contributed by atoms with Gasteiger partial charge in [-0.3, -0.25) is 0 Å². The van der Waals surface area contributed by atoms with Crippen LogP contribution in [0.1, 0.15) is 23.6 Å². The maximum Gasteiger partial charge on any atom is 0.0597 e. The van der Waals surface area contributed by atoms with Gasteiger partial charge in [0, 0.05) is 12.2 Å². The van der Waals surface area contributed by atoms with Crippen LogP contribution in [0.25, 0.3) is 0 Å². The summed E-state index contributed by atoms with van der Waals surface area (Å²) in [5.74, 6) is 0. The lowest BCUT2D eigenvalue weighted by Crippen LogP contribution is -2.28. The summed E-state index contributed by atoms with van der Waals surface area (Å²) in [5, 5.41) is 7.18. The molecule has 0 spiro atoms. The van der Waals surface area contributed by atoms with Gasteiger partial charge >= 0.3 is 0 Å². The minimum atomic E-state index is 0.287. The van der Waals surface area contributed by atoms with Crippen LogP contribution < -0.4 is 10.6 Å². The monoisotopic (exact) mass is 238 g/mol. The Morgan fingerprint density at radius 2 is 1.61 bits per heavy atom. The second-order valence-electron chi connectivity index (χ2n) is 4.67. The van der Waals surface area contributed by atoms with Gasteiger partial charge in [0.25, 0.3) is 0 Å². The van der Waals surface area contributed by atoms with Gasteiger partial charge in [0.05, 0.1) is 6.04 Å². The Kier molecular flexibility index (Phi) is 3.29. The topological polar surface area (TPSA) is 24.1 Å². The van der Waals surface area contributed by atoms with Crippen LogP contribution in [0, 0.1) is 0 Å². The van der Waals surface area contributed by atoms with E-state index < -0.39 is 0 Å². The maximum atomic E-state index is 3.65. The summed E-state index contributed by atoms with van der Waals surface area (Å²) >= 11 is 0. The van der Waals surface area contributed by atoms with E-state index in [1.54, 1.807) is 0 Å². The third-order valence-electron chi connectivity index (χ3n) is 3.42. The van der Waals surface area contributed by atoms with Crippen LogP contribution in [-0.2, 0) is 0 Å². The minimum absolute atomic E-state index is 0.287. The van der Waals surface area contributed by atoms with Crippen molar-refractivity contribution in [2.24, 2.45) is 0 Å². The molecule has 0 aromatic heterocycles. The first kappa shape index (κ1) is 11.3. The van der Waals surface area contributed by atoms with Crippen LogP contribution in [0.5, 0.6) is 0 Å². The fourth-order valence-electron chi connectivity index (χ4n) is 2.52. The fraction of sp³-hybridized carbons (Fsp3) is 0.250. The van der Waals surface area contributed by atoms with Crippen molar-refractivity contribution in [1.82, 2.24) is 5.32 Å². The Balaban J connectivity index is 2.04. The average Bonchev–Trinajstić information content (AvgIpc) is 2.41. The fourth-order valence-corrected chi connectivity index (χ4v) is 2.52. The third-order valence-corrected chi connectivity index (χ3v) is 3.42. The highest BCUT2D eigenvalue weighted by molar-refractivity contribution is 5.55. The molecule has 3 rings (SSSR count). The van der Waals surface area contributed by atoms with Crippen LogP contribution >= 0.6 is 0 Å². The smallest absolute Gasteiger partial charge is 0.0597 e. The molecule has 0 fully saturated rings. The lowest BCUT2D eigenvalue weighted by atomic mass is 9.96. The summed E-state index contributed by atoms with van der Waals surface area (Å²) in [4.78, 5) is 0. The molecule has 1 aliphatic heterocycles. The van der Waals surface area contributed by atoms with Gasteiger partial charge in [0.1, 0.15) is 0 Å². The molecule has 2 aromatic carbocycles. The molecule has 1 atom stereocenters. The lowest BCUT2D eigenvalue weighted by Gasteiger charge is -2.25. The van der Waals surface area contributed by atoms with E-state index in [2.05, 4.69) is 65.2 Å². The molecule has 2 nitrogen and oxygen atoms in total. The highest BCUT2D eigenvalue weighted by Gasteiger charge is 2.17. The van der Waals surface area contributed by atoms with E-state index in [9.17, 15) is 0 Å². The normalized spacial score (nSPS) is 19.2. The first-order valence-electron chi connectivity index (χ1n) is 6.56. The highest BCUT2D eigenvalue weighted by atomic mass is 15.0. The molecule has 0 saturated heterocycles. The molecule has 92 valence electrons. The van der Waals surface area contributed by atoms with Crippen molar-refractivity contribution in [2.75, 3.05) is 18.4 Å². The van der Waals surface area contributed by atoms with E-state index in [4.69, 9.17) is 0 Å². The van der Waals surface area contributed by atoms with Crippen molar-refractivity contribution >= 4 is 5.69 Å². The minimum Gasteiger partial charge on any atom is -0.385 e. The molecule has 1 aliphatic rings.